The van der Waals surface area contributed by atoms with Crippen molar-refractivity contribution < 1.29 is 63.1 Å². The molecule has 1 heterocycles. The highest BCUT2D eigenvalue weighted by atomic mass is 16.6. The molecule has 4 N–H and O–H groups in total. The first-order valence-electron chi connectivity index (χ1n) is 18.1. The van der Waals surface area contributed by atoms with Crippen molar-refractivity contribution >= 4 is 41.7 Å². The number of likely N-dealkylation sites (tertiary alicyclic amines) is 1. The molecule has 7 atom stereocenters. The lowest BCUT2D eigenvalue weighted by molar-refractivity contribution is -0.166. The number of carbonyl (C=O) groups excluding carboxylic acids is 4. The largest absolute Gasteiger partial charge is 0.480 e. The summed E-state index contributed by atoms with van der Waals surface area (Å²) >= 11 is 0. The van der Waals surface area contributed by atoms with Crippen molar-refractivity contribution in [2.75, 3.05) is 6.61 Å². The lowest BCUT2D eigenvalue weighted by Gasteiger charge is -2.35. The fourth-order valence-electron chi connectivity index (χ4n) is 6.62. The zero-order valence-electron chi connectivity index (χ0n) is 31.2. The van der Waals surface area contributed by atoms with Crippen LogP contribution in [0.25, 0.3) is 0 Å². The average Bonchev–Trinajstić information content (AvgIpc) is 3.53. The quantitative estimate of drug-likeness (QED) is 0.148. The van der Waals surface area contributed by atoms with Gasteiger partial charge in [0.15, 0.2) is 0 Å². The first-order chi connectivity index (χ1) is 25.6. The Bertz CT molecular complexity index is 1570. The summed E-state index contributed by atoms with van der Waals surface area (Å²) in [6.45, 7) is 9.30. The Kier molecular flexibility index (Phi) is 16.1. The van der Waals surface area contributed by atoms with E-state index in [1.807, 2.05) is 6.92 Å². The molecule has 294 valence electrons. The normalized spacial score (nSPS) is 19.7. The fraction of sp³-hybridized carbons (Fsp3) is 0.513. The number of carboxylic acid groups (broad SMARTS) is 3. The van der Waals surface area contributed by atoms with Crippen LogP contribution < -0.4 is 5.32 Å². The molecule has 2 fully saturated rings. The Labute approximate surface area is 313 Å². The van der Waals surface area contributed by atoms with Crippen LogP contribution in [0.1, 0.15) is 97.6 Å². The summed E-state index contributed by atoms with van der Waals surface area (Å²) in [5, 5.41) is 31.3. The average molecular weight is 755 g/mol. The van der Waals surface area contributed by atoms with Crippen molar-refractivity contribution in [1.82, 2.24) is 10.2 Å². The van der Waals surface area contributed by atoms with Crippen molar-refractivity contribution in [3.8, 4) is 0 Å². The zero-order valence-corrected chi connectivity index (χ0v) is 31.2. The van der Waals surface area contributed by atoms with E-state index in [1.165, 1.54) is 24.3 Å². The summed E-state index contributed by atoms with van der Waals surface area (Å²) in [6.07, 6.45) is 1.43. The molecule has 15 nitrogen and oxygen atoms in total. The predicted octanol–water partition coefficient (Wildman–Crippen LogP) is 4.16. The Hall–Kier alpha value is -5.31. The van der Waals surface area contributed by atoms with E-state index in [2.05, 4.69) is 5.32 Å². The fourth-order valence-corrected chi connectivity index (χ4v) is 6.62. The summed E-state index contributed by atoms with van der Waals surface area (Å²) in [4.78, 5) is 85.8. The number of fused-ring (bicyclic) bond motifs is 1. The van der Waals surface area contributed by atoms with E-state index < -0.39 is 60.2 Å². The van der Waals surface area contributed by atoms with E-state index in [1.54, 1.807) is 56.9 Å². The number of hydrogen-bond donors (Lipinski definition) is 4. The number of aryl methyl sites for hydroxylation is 2. The van der Waals surface area contributed by atoms with E-state index in [0.717, 1.165) is 43.2 Å². The standard InChI is InChI=1S/C20H18O8.C19H32N2O5/c1-11-3-7-13(8-4-11)19(25)27-15(17(21)22)16(18(23)24)28-20(26)14-9-5-12(2)6-10-14;1-4-8-14(19(25)26-5-2)20-12(3)17(22)21-15-10-7-6-9-13(15)11-16(21)18(23)24/h3-10,15-16H,1-2H3,(H,21,22)(H,23,24);12-16,20H,4-11H2,1-3H3,(H,23,24)/t15-,16+;12-,13-,14-,15-,16-/m.0/s1. The van der Waals surface area contributed by atoms with Crippen LogP contribution in [0.3, 0.4) is 0 Å². The van der Waals surface area contributed by atoms with E-state index in [-0.39, 0.29) is 35.0 Å². The Balaban J connectivity index is 0.000000291. The number of ether oxygens (including phenoxy) is 3. The topological polar surface area (TPSA) is 223 Å². The van der Waals surface area contributed by atoms with Crippen LogP contribution in [0, 0.1) is 19.8 Å². The molecule has 15 heteroatoms. The molecule has 1 amide bonds. The molecule has 2 aromatic carbocycles. The van der Waals surface area contributed by atoms with Crippen LogP contribution in [0.4, 0.5) is 0 Å². The van der Waals surface area contributed by atoms with Gasteiger partial charge in [-0.3, -0.25) is 14.9 Å². The molecule has 0 aromatic heterocycles. The van der Waals surface area contributed by atoms with E-state index in [9.17, 15) is 48.9 Å². The molecule has 1 aliphatic heterocycles. The Morgan fingerprint density at radius 2 is 1.26 bits per heavy atom. The van der Waals surface area contributed by atoms with Crippen LogP contribution in [0.5, 0.6) is 0 Å². The number of amides is 1. The number of rotatable bonds is 15. The van der Waals surface area contributed by atoms with Crippen molar-refractivity contribution in [2.24, 2.45) is 5.92 Å². The smallest absolute Gasteiger partial charge is 0.349 e. The van der Waals surface area contributed by atoms with Gasteiger partial charge in [0.1, 0.15) is 12.1 Å². The van der Waals surface area contributed by atoms with Crippen molar-refractivity contribution in [3.05, 3.63) is 70.8 Å². The number of carboxylic acids is 3. The number of nitrogens with zero attached hydrogens (tertiary/aromatic N) is 1. The number of esters is 3. The monoisotopic (exact) mass is 754 g/mol. The molecular weight excluding hydrogens is 704 g/mol. The minimum atomic E-state index is -2.22. The molecule has 4 rings (SSSR count). The zero-order chi connectivity index (χ0) is 40.1. The van der Waals surface area contributed by atoms with Crippen LogP contribution in [-0.4, -0.2) is 105 Å². The number of nitrogens with one attached hydrogen (secondary N) is 1. The molecule has 1 aliphatic carbocycles. The summed E-state index contributed by atoms with van der Waals surface area (Å²) in [5.41, 5.74) is 1.79. The molecule has 0 radical (unpaired) electrons. The van der Waals surface area contributed by atoms with Gasteiger partial charge in [0.25, 0.3) is 0 Å². The molecule has 2 aliphatic rings. The molecule has 0 spiro atoms. The predicted molar refractivity (Wildman–Crippen MR) is 193 cm³/mol. The Morgan fingerprint density at radius 1 is 0.778 bits per heavy atom. The first kappa shape index (κ1) is 43.1. The summed E-state index contributed by atoms with van der Waals surface area (Å²) < 4.78 is 14.7. The van der Waals surface area contributed by atoms with Gasteiger partial charge in [0.2, 0.25) is 18.1 Å². The van der Waals surface area contributed by atoms with Crippen molar-refractivity contribution in [3.63, 3.8) is 0 Å². The lowest BCUT2D eigenvalue weighted by atomic mass is 9.84. The van der Waals surface area contributed by atoms with Gasteiger partial charge in [-0.2, -0.15) is 0 Å². The molecule has 2 aromatic rings. The van der Waals surface area contributed by atoms with E-state index in [0.29, 0.717) is 19.4 Å². The van der Waals surface area contributed by atoms with Crippen LogP contribution in [-0.2, 0) is 38.2 Å². The van der Waals surface area contributed by atoms with Crippen LogP contribution in [0.15, 0.2) is 48.5 Å². The molecular formula is C39H50N2O13. The van der Waals surface area contributed by atoms with Gasteiger partial charge in [-0.25, -0.2) is 24.0 Å². The van der Waals surface area contributed by atoms with Crippen molar-refractivity contribution in [1.29, 1.82) is 0 Å². The summed E-state index contributed by atoms with van der Waals surface area (Å²) in [5.74, 6) is -6.87. The van der Waals surface area contributed by atoms with Gasteiger partial charge in [-0.1, -0.05) is 61.6 Å². The minimum Gasteiger partial charge on any atom is -0.480 e. The maximum atomic E-state index is 13.1. The maximum absolute atomic E-state index is 13.1. The second-order valence-electron chi connectivity index (χ2n) is 13.5. The van der Waals surface area contributed by atoms with Gasteiger partial charge in [-0.15, -0.1) is 0 Å². The van der Waals surface area contributed by atoms with Gasteiger partial charge in [0.05, 0.1) is 23.8 Å². The second-order valence-corrected chi connectivity index (χ2v) is 13.5. The SMILES string of the molecule is CCC[C@H](N[C@@H](C)C(=O)N1[C@H](C(=O)O)C[C@@H]2CCCC[C@@H]21)C(=O)OCC.Cc1ccc(C(=O)O[C@H](C(=O)O)[C@@H](OC(=O)c2ccc(C)cc2)C(=O)O)cc1. The third-order valence-electron chi connectivity index (χ3n) is 9.40. The lowest BCUT2D eigenvalue weighted by Crippen LogP contribution is -2.55. The highest BCUT2D eigenvalue weighted by Gasteiger charge is 2.48. The summed E-state index contributed by atoms with van der Waals surface area (Å²) in [7, 11) is 0. The van der Waals surface area contributed by atoms with Gasteiger partial charge in [0, 0.05) is 6.04 Å². The minimum absolute atomic E-state index is 0.00817. The number of carbonyl (C=O) groups is 7. The second kappa shape index (κ2) is 20.2. The molecule has 1 saturated carbocycles. The third-order valence-corrected chi connectivity index (χ3v) is 9.40. The van der Waals surface area contributed by atoms with Gasteiger partial charge < -0.3 is 34.4 Å². The van der Waals surface area contributed by atoms with Gasteiger partial charge >= 0.3 is 35.8 Å². The van der Waals surface area contributed by atoms with Crippen molar-refractivity contribution in [2.45, 2.75) is 116 Å². The van der Waals surface area contributed by atoms with E-state index in [4.69, 9.17) is 14.2 Å². The molecule has 1 saturated heterocycles. The van der Waals surface area contributed by atoms with Gasteiger partial charge in [-0.05, 0) is 83.6 Å². The van der Waals surface area contributed by atoms with Crippen LogP contribution in [0.2, 0.25) is 0 Å². The first-order valence-corrected chi connectivity index (χ1v) is 18.1. The highest BCUT2D eigenvalue weighted by Crippen LogP contribution is 2.40. The highest BCUT2D eigenvalue weighted by molar-refractivity contribution is 5.95. The van der Waals surface area contributed by atoms with Crippen LogP contribution >= 0.6 is 0 Å². The number of aliphatic carboxylic acids is 3. The number of benzene rings is 2. The molecule has 0 bridgehead atoms. The maximum Gasteiger partial charge on any atom is 0.349 e. The third kappa shape index (κ3) is 11.6. The number of hydrogen-bond acceptors (Lipinski definition) is 11. The summed E-state index contributed by atoms with van der Waals surface area (Å²) in [6, 6.07) is 10.1. The molecule has 54 heavy (non-hydrogen) atoms. The van der Waals surface area contributed by atoms with E-state index >= 15 is 0 Å². The molecule has 0 unspecified atom stereocenters. The Morgan fingerprint density at radius 3 is 1.69 bits per heavy atom.